The third-order valence-corrected chi connectivity index (χ3v) is 9.71. The molecule has 2 aliphatic rings. The molecule has 3 aromatic rings. The maximum Gasteiger partial charge on any atom is 0.414 e. The summed E-state index contributed by atoms with van der Waals surface area (Å²) in [5, 5.41) is 7.29. The van der Waals surface area contributed by atoms with E-state index < -0.39 is 78.2 Å². The van der Waals surface area contributed by atoms with E-state index in [0.717, 1.165) is 23.1 Å². The smallest absolute Gasteiger partial charge is 0.414 e. The van der Waals surface area contributed by atoms with Crippen LogP contribution >= 0.6 is 0 Å². The third kappa shape index (κ3) is 13.5. The number of nitrogens with zero attached hydrogens (tertiary/aromatic N) is 3. The van der Waals surface area contributed by atoms with Crippen molar-refractivity contribution in [2.75, 3.05) is 26.7 Å². The van der Waals surface area contributed by atoms with Crippen LogP contribution in [-0.4, -0.2) is 108 Å². The molecule has 3 aromatic carbocycles. The summed E-state index contributed by atoms with van der Waals surface area (Å²) in [6.45, 7) is 4.15. The molecule has 0 bridgehead atoms. The van der Waals surface area contributed by atoms with Gasteiger partial charge in [0.25, 0.3) is 0 Å². The zero-order chi connectivity index (χ0) is 44.7. The fourth-order valence-corrected chi connectivity index (χ4v) is 6.75. The van der Waals surface area contributed by atoms with Gasteiger partial charge in [0.05, 0.1) is 19.1 Å². The van der Waals surface area contributed by atoms with Crippen molar-refractivity contribution in [1.29, 1.82) is 0 Å². The Morgan fingerprint density at radius 2 is 1.26 bits per heavy atom. The summed E-state index contributed by atoms with van der Waals surface area (Å²) in [6.07, 6.45) is -2.54. The first-order valence-electron chi connectivity index (χ1n) is 20.0. The molecule has 1 saturated carbocycles. The molecule has 1 aliphatic carbocycles. The lowest BCUT2D eigenvalue weighted by Gasteiger charge is -2.47. The molecule has 2 atom stereocenters. The van der Waals surface area contributed by atoms with Crippen LogP contribution < -0.4 is 16.0 Å². The van der Waals surface area contributed by atoms with Gasteiger partial charge in [0, 0.05) is 13.1 Å². The number of ether oxygens (including phenoxy) is 5. The lowest BCUT2D eigenvalue weighted by Crippen LogP contribution is -2.70. The highest BCUT2D eigenvalue weighted by Gasteiger charge is 2.64. The first-order chi connectivity index (χ1) is 29.7. The molecule has 5 amide bonds. The first-order valence-corrected chi connectivity index (χ1v) is 20.0. The van der Waals surface area contributed by atoms with E-state index in [1.807, 2.05) is 12.1 Å². The lowest BCUT2D eigenvalue weighted by molar-refractivity contribution is -0.169. The number of aliphatic imine (C=N–C) groups is 1. The summed E-state index contributed by atoms with van der Waals surface area (Å²) in [4.78, 5) is 100. The molecule has 0 radical (unpaired) electrons. The number of benzene rings is 3. The summed E-state index contributed by atoms with van der Waals surface area (Å²) in [6, 6.07) is 23.9. The van der Waals surface area contributed by atoms with E-state index in [0.29, 0.717) is 18.4 Å². The van der Waals surface area contributed by atoms with Crippen molar-refractivity contribution in [3.8, 4) is 0 Å². The molecule has 1 heterocycles. The van der Waals surface area contributed by atoms with Crippen LogP contribution in [0.3, 0.4) is 0 Å². The predicted molar refractivity (Wildman–Crippen MR) is 222 cm³/mol. The summed E-state index contributed by atoms with van der Waals surface area (Å²) in [5.74, 6) is -3.27. The number of guanidine groups is 1. The van der Waals surface area contributed by atoms with Gasteiger partial charge < -0.3 is 38.8 Å². The SMILES string of the molecule is COC(=O)C1N(C(=O)[C@H](CC(=O)OCc2ccccc2)NC(=O)OC(C)(C)C)CC(=O)N(CCCN=C(NC(=O)OCc2ccccc2)NC(=O)OCc2ccccc2)C12CC2. The molecule has 62 heavy (non-hydrogen) atoms. The van der Waals surface area contributed by atoms with Crippen molar-refractivity contribution >= 4 is 48.0 Å². The average molecular weight is 857 g/mol. The molecule has 1 saturated heterocycles. The second-order valence-electron chi connectivity index (χ2n) is 15.5. The van der Waals surface area contributed by atoms with Gasteiger partial charge in [-0.3, -0.25) is 30.0 Å². The quantitative estimate of drug-likeness (QED) is 0.0639. The number of methoxy groups -OCH3 is 1. The molecular formula is C44H52N6O12. The minimum Gasteiger partial charge on any atom is -0.467 e. The number of hydrogen-bond donors (Lipinski definition) is 3. The van der Waals surface area contributed by atoms with E-state index in [-0.39, 0.29) is 45.3 Å². The number of alkyl carbamates (subject to hydrolysis) is 3. The molecule has 3 N–H and O–H groups in total. The van der Waals surface area contributed by atoms with Crippen LogP contribution in [0.15, 0.2) is 96.0 Å². The fraction of sp³-hybridized carbons (Fsp3) is 0.409. The van der Waals surface area contributed by atoms with Crippen LogP contribution in [0.2, 0.25) is 0 Å². The Kier molecular flexibility index (Phi) is 16.0. The largest absolute Gasteiger partial charge is 0.467 e. The van der Waals surface area contributed by atoms with Crippen LogP contribution in [-0.2, 0) is 62.7 Å². The molecule has 0 aromatic heterocycles. The van der Waals surface area contributed by atoms with Gasteiger partial charge in [0.15, 0.2) is 6.04 Å². The van der Waals surface area contributed by atoms with Gasteiger partial charge >= 0.3 is 30.2 Å². The second-order valence-corrected chi connectivity index (χ2v) is 15.5. The molecule has 18 heteroatoms. The molecule has 1 aliphatic heterocycles. The van der Waals surface area contributed by atoms with Crippen molar-refractivity contribution in [2.45, 2.75) is 89.5 Å². The zero-order valence-corrected chi connectivity index (χ0v) is 35.1. The Labute approximate surface area is 359 Å². The highest BCUT2D eigenvalue weighted by atomic mass is 16.6. The zero-order valence-electron chi connectivity index (χ0n) is 35.1. The predicted octanol–water partition coefficient (Wildman–Crippen LogP) is 4.36. The average Bonchev–Trinajstić information content (AvgIpc) is 4.03. The van der Waals surface area contributed by atoms with E-state index >= 15 is 0 Å². The van der Waals surface area contributed by atoms with Crippen molar-refractivity contribution in [2.24, 2.45) is 4.99 Å². The van der Waals surface area contributed by atoms with E-state index in [2.05, 4.69) is 20.9 Å². The summed E-state index contributed by atoms with van der Waals surface area (Å²) in [7, 11) is 1.16. The Morgan fingerprint density at radius 1 is 0.758 bits per heavy atom. The van der Waals surface area contributed by atoms with Crippen LogP contribution in [0.1, 0.15) is 63.1 Å². The maximum atomic E-state index is 14.3. The lowest BCUT2D eigenvalue weighted by atomic mass is 9.96. The van der Waals surface area contributed by atoms with Gasteiger partial charge in [-0.15, -0.1) is 0 Å². The molecule has 1 spiro atoms. The minimum atomic E-state index is -1.57. The van der Waals surface area contributed by atoms with Gasteiger partial charge in [0.1, 0.15) is 38.0 Å². The van der Waals surface area contributed by atoms with E-state index in [1.54, 1.807) is 99.6 Å². The van der Waals surface area contributed by atoms with Crippen LogP contribution in [0.25, 0.3) is 0 Å². The highest BCUT2D eigenvalue weighted by Crippen LogP contribution is 2.49. The van der Waals surface area contributed by atoms with Crippen LogP contribution in [0.4, 0.5) is 14.4 Å². The van der Waals surface area contributed by atoms with E-state index in [4.69, 9.17) is 23.7 Å². The Balaban J connectivity index is 1.28. The fourth-order valence-electron chi connectivity index (χ4n) is 6.75. The molecule has 2 fully saturated rings. The molecular weight excluding hydrogens is 805 g/mol. The van der Waals surface area contributed by atoms with Gasteiger partial charge in [-0.1, -0.05) is 91.0 Å². The van der Waals surface area contributed by atoms with Crippen LogP contribution in [0, 0.1) is 0 Å². The molecule has 18 nitrogen and oxygen atoms in total. The normalized spacial score (nSPS) is 15.6. The minimum absolute atomic E-state index is 0.0222. The van der Waals surface area contributed by atoms with Crippen molar-refractivity contribution in [1.82, 2.24) is 25.8 Å². The maximum absolute atomic E-state index is 14.3. The monoisotopic (exact) mass is 856 g/mol. The number of rotatable bonds is 15. The number of amides is 5. The van der Waals surface area contributed by atoms with Gasteiger partial charge in [-0.25, -0.2) is 19.2 Å². The number of piperazine rings is 1. The highest BCUT2D eigenvalue weighted by molar-refractivity contribution is 6.01. The molecule has 5 rings (SSSR count). The third-order valence-electron chi connectivity index (χ3n) is 9.71. The summed E-state index contributed by atoms with van der Waals surface area (Å²) in [5.41, 5.74) is 0.0580. The van der Waals surface area contributed by atoms with Crippen molar-refractivity contribution in [3.05, 3.63) is 108 Å². The second kappa shape index (κ2) is 21.5. The summed E-state index contributed by atoms with van der Waals surface area (Å²) < 4.78 is 26.5. The number of carbonyl (C=O) groups excluding carboxylic acids is 7. The van der Waals surface area contributed by atoms with E-state index in [1.165, 1.54) is 4.90 Å². The van der Waals surface area contributed by atoms with Gasteiger partial charge in [-0.2, -0.15) is 0 Å². The number of carbonyl (C=O) groups is 7. The summed E-state index contributed by atoms with van der Waals surface area (Å²) >= 11 is 0. The number of hydrogen-bond acceptors (Lipinski definition) is 13. The number of nitrogens with one attached hydrogen (secondary N) is 3. The standard InChI is InChI=1S/C44H52N6O12/c1-43(2,3)62-42(57)46-33(25-35(52)59-27-30-15-8-5-9-16-30)37(53)49-26-34(51)50(44(21-22-44)36(49)38(54)58-4)24-14-23-45-39(47-40(55)60-28-31-17-10-6-11-18-31)48-41(56)61-29-32-19-12-7-13-20-32/h5-13,15-20,33,36H,14,21-29H2,1-4H3,(H,46,57)(H2,45,47,48,55,56)/t33-,36?/m0/s1. The first kappa shape index (κ1) is 46.1. The van der Waals surface area contributed by atoms with Crippen molar-refractivity contribution in [3.63, 3.8) is 0 Å². The Bertz CT molecular complexity index is 2010. The molecule has 330 valence electrons. The molecule has 1 unspecified atom stereocenters. The van der Waals surface area contributed by atoms with E-state index in [9.17, 15) is 33.6 Å². The topological polar surface area (TPSA) is 221 Å². The van der Waals surface area contributed by atoms with Gasteiger partial charge in [-0.05, 0) is 56.7 Å². The Morgan fingerprint density at radius 3 is 1.73 bits per heavy atom. The number of esters is 2. The van der Waals surface area contributed by atoms with Crippen molar-refractivity contribution < 1.29 is 57.2 Å². The van der Waals surface area contributed by atoms with Crippen LogP contribution in [0.5, 0.6) is 0 Å². The Hall–Kier alpha value is -6.98. The van der Waals surface area contributed by atoms with Gasteiger partial charge in [0.2, 0.25) is 17.8 Å².